The Kier molecular flexibility index (Phi) is 3.27. The second-order valence-corrected chi connectivity index (χ2v) is 9.14. The van der Waals surface area contributed by atoms with Crippen LogP contribution in [0, 0.1) is 20.8 Å². The van der Waals surface area contributed by atoms with E-state index in [4.69, 9.17) is 0 Å². The third kappa shape index (κ3) is 3.03. The molecule has 0 aromatic heterocycles. The monoisotopic (exact) mass is 208 g/mol. The van der Waals surface area contributed by atoms with Crippen LogP contribution < -0.4 is 0 Å². The first kappa shape index (κ1) is 11.6. The van der Waals surface area contributed by atoms with Crippen LogP contribution in [-0.4, -0.2) is 19.6 Å². The van der Waals surface area contributed by atoms with Crippen LogP contribution in [0.2, 0.25) is 0 Å². The minimum absolute atomic E-state index is 0.950. The maximum atomic E-state index is 4.27. The van der Waals surface area contributed by atoms with E-state index in [1.54, 1.807) is 0 Å². The highest BCUT2D eigenvalue weighted by molar-refractivity contribution is 7.71. The molecule has 1 rings (SSSR count). The van der Waals surface area contributed by atoms with E-state index in [2.05, 4.69) is 52.5 Å². The highest BCUT2D eigenvalue weighted by Crippen LogP contribution is 2.40. The van der Waals surface area contributed by atoms with Crippen molar-refractivity contribution in [3.05, 3.63) is 34.4 Å². The summed E-state index contributed by atoms with van der Waals surface area (Å²) in [7, 11) is 0. The molecule has 1 aromatic rings. The van der Waals surface area contributed by atoms with Crippen LogP contribution in [0.25, 0.3) is 0 Å². The lowest BCUT2D eigenvalue weighted by molar-refractivity contribution is 1.22. The fraction of sp³-hybridized carbons (Fsp3) is 0.462. The van der Waals surface area contributed by atoms with Gasteiger partial charge in [0, 0.05) is 0 Å². The summed E-state index contributed by atoms with van der Waals surface area (Å²) >= 11 is 0. The zero-order valence-corrected chi connectivity index (χ0v) is 10.9. The summed E-state index contributed by atoms with van der Waals surface area (Å²) < 4.78 is 0. The maximum absolute atomic E-state index is 4.27. The van der Waals surface area contributed by atoms with E-state index in [0.29, 0.717) is 0 Å². The average molecular weight is 208 g/mol. The van der Waals surface area contributed by atoms with Gasteiger partial charge < -0.3 is 0 Å². The molecule has 0 aliphatic carbocycles. The maximum Gasteiger partial charge on any atom is -0.00815 e. The Balaban J connectivity index is 3.11. The van der Waals surface area contributed by atoms with Gasteiger partial charge in [-0.15, -0.1) is 13.2 Å². The summed E-state index contributed by atoms with van der Waals surface area (Å²) in [5, 5.41) is 0. The standard InChI is InChI=1S/C13H21P/c1-10-7-12(3)13(8-11(10)2)9-14(4,5)6/h7-8H,4,9H2,1-3,5-6H3. The molecule has 0 unspecified atom stereocenters. The van der Waals surface area contributed by atoms with Crippen molar-refractivity contribution < 1.29 is 0 Å². The van der Waals surface area contributed by atoms with Gasteiger partial charge >= 0.3 is 0 Å². The van der Waals surface area contributed by atoms with Crippen LogP contribution in [0.1, 0.15) is 22.3 Å². The Morgan fingerprint density at radius 3 is 2.00 bits per heavy atom. The number of hydrogen-bond acceptors (Lipinski definition) is 0. The summed E-state index contributed by atoms with van der Waals surface area (Å²) in [5.74, 6) is 0. The Morgan fingerprint density at radius 1 is 1.00 bits per heavy atom. The van der Waals surface area contributed by atoms with Crippen molar-refractivity contribution in [1.82, 2.24) is 0 Å². The molecule has 0 atom stereocenters. The SMILES string of the molecule is C=P(C)(C)Cc1cc(C)c(C)cc1C. The van der Waals surface area contributed by atoms with Crippen LogP contribution in [0.5, 0.6) is 0 Å². The molecule has 1 heteroatoms. The smallest absolute Gasteiger partial charge is 0.00815 e. The first-order valence-electron chi connectivity index (χ1n) is 5.04. The van der Waals surface area contributed by atoms with E-state index in [1.807, 2.05) is 0 Å². The molecule has 0 nitrogen and oxygen atoms in total. The van der Waals surface area contributed by atoms with E-state index in [-0.39, 0.29) is 0 Å². The van der Waals surface area contributed by atoms with Crippen molar-refractivity contribution in [2.24, 2.45) is 0 Å². The molecule has 0 saturated heterocycles. The van der Waals surface area contributed by atoms with Crippen molar-refractivity contribution in [3.8, 4) is 0 Å². The lowest BCUT2D eigenvalue weighted by atomic mass is 10.0. The van der Waals surface area contributed by atoms with Crippen molar-refractivity contribution >= 4 is 13.2 Å². The zero-order chi connectivity index (χ0) is 10.9. The molecule has 0 aliphatic rings. The number of rotatable bonds is 2. The Morgan fingerprint density at radius 2 is 1.50 bits per heavy atom. The van der Waals surface area contributed by atoms with Gasteiger partial charge in [-0.25, -0.2) is 0 Å². The highest BCUT2D eigenvalue weighted by atomic mass is 31.2. The molecule has 0 bridgehead atoms. The van der Waals surface area contributed by atoms with Gasteiger partial charge in [-0.3, -0.25) is 0 Å². The summed E-state index contributed by atoms with van der Waals surface area (Å²) in [6.07, 6.45) is 5.44. The molecule has 0 radical (unpaired) electrons. The number of hydrogen-bond donors (Lipinski definition) is 0. The van der Waals surface area contributed by atoms with Gasteiger partial charge in [-0.05, 0) is 62.5 Å². The lowest BCUT2D eigenvalue weighted by Gasteiger charge is -2.16. The molecular weight excluding hydrogens is 187 g/mol. The van der Waals surface area contributed by atoms with Crippen molar-refractivity contribution in [1.29, 1.82) is 0 Å². The normalized spacial score (nSPS) is 11.8. The molecule has 78 valence electrons. The molecule has 0 amide bonds. The van der Waals surface area contributed by atoms with Gasteiger partial charge in [0.05, 0.1) is 0 Å². The average Bonchev–Trinajstić information content (AvgIpc) is 1.97. The topological polar surface area (TPSA) is 0 Å². The van der Waals surface area contributed by atoms with Gasteiger partial charge in [-0.1, -0.05) is 12.1 Å². The van der Waals surface area contributed by atoms with Gasteiger partial charge in [0.25, 0.3) is 0 Å². The minimum atomic E-state index is -0.950. The van der Waals surface area contributed by atoms with Gasteiger partial charge in [-0.2, -0.15) is 0 Å². The number of aryl methyl sites for hydroxylation is 3. The van der Waals surface area contributed by atoms with Crippen molar-refractivity contribution in [2.45, 2.75) is 26.9 Å². The lowest BCUT2D eigenvalue weighted by Crippen LogP contribution is -1.93. The molecule has 0 N–H and O–H groups in total. The van der Waals surface area contributed by atoms with Crippen LogP contribution in [0.3, 0.4) is 0 Å². The molecular formula is C13H21P. The summed E-state index contributed by atoms with van der Waals surface area (Å²) in [6.45, 7) is 10.2. The molecule has 0 heterocycles. The van der Waals surface area contributed by atoms with E-state index in [0.717, 1.165) is 0 Å². The third-order valence-corrected chi connectivity index (χ3v) is 3.75. The summed E-state index contributed by atoms with van der Waals surface area (Å²) in [4.78, 5) is 0. The van der Waals surface area contributed by atoms with Crippen LogP contribution in [0.4, 0.5) is 0 Å². The highest BCUT2D eigenvalue weighted by Gasteiger charge is 2.06. The van der Waals surface area contributed by atoms with E-state index < -0.39 is 6.89 Å². The molecule has 0 aliphatic heterocycles. The summed E-state index contributed by atoms with van der Waals surface area (Å²) in [6, 6.07) is 4.62. The van der Waals surface area contributed by atoms with Crippen LogP contribution in [-0.2, 0) is 6.16 Å². The van der Waals surface area contributed by atoms with E-state index >= 15 is 0 Å². The fourth-order valence-corrected chi connectivity index (χ4v) is 2.91. The van der Waals surface area contributed by atoms with Gasteiger partial charge in [0.1, 0.15) is 0 Å². The zero-order valence-electron chi connectivity index (χ0n) is 10.0. The van der Waals surface area contributed by atoms with Gasteiger partial charge in [0.15, 0.2) is 0 Å². The molecule has 0 spiro atoms. The van der Waals surface area contributed by atoms with Crippen LogP contribution >= 0.6 is 6.89 Å². The Hall–Kier alpha value is -0.480. The van der Waals surface area contributed by atoms with Gasteiger partial charge in [0.2, 0.25) is 0 Å². The van der Waals surface area contributed by atoms with Crippen molar-refractivity contribution in [2.75, 3.05) is 13.3 Å². The summed E-state index contributed by atoms with van der Waals surface area (Å²) in [5.41, 5.74) is 5.71. The first-order valence-corrected chi connectivity index (χ1v) is 8.09. The van der Waals surface area contributed by atoms with Crippen molar-refractivity contribution in [3.63, 3.8) is 0 Å². The van der Waals surface area contributed by atoms with E-state index in [1.165, 1.54) is 28.4 Å². The Labute approximate surface area is 88.3 Å². The first-order chi connectivity index (χ1) is 6.29. The second kappa shape index (κ2) is 3.95. The predicted molar refractivity (Wildman–Crippen MR) is 70.2 cm³/mol. The second-order valence-electron chi connectivity index (χ2n) is 4.96. The fourth-order valence-electron chi connectivity index (χ4n) is 1.65. The van der Waals surface area contributed by atoms with Crippen LogP contribution in [0.15, 0.2) is 12.1 Å². The largest absolute Gasteiger partial charge is 0.114 e. The predicted octanol–water partition coefficient (Wildman–Crippen LogP) is 3.82. The molecule has 14 heavy (non-hydrogen) atoms. The third-order valence-electron chi connectivity index (χ3n) is 2.55. The number of benzene rings is 1. The molecule has 0 saturated carbocycles. The van der Waals surface area contributed by atoms with E-state index in [9.17, 15) is 0 Å². The minimum Gasteiger partial charge on any atom is -0.114 e. The molecule has 1 aromatic carbocycles. The Bertz CT molecular complexity index is 382. The molecule has 0 fully saturated rings. The quantitative estimate of drug-likeness (QED) is 0.648.